The summed E-state index contributed by atoms with van der Waals surface area (Å²) in [6.45, 7) is 5.62. The van der Waals surface area contributed by atoms with Gasteiger partial charge in [-0.15, -0.1) is 0 Å². The predicted molar refractivity (Wildman–Crippen MR) is 138 cm³/mol. The second-order valence-corrected chi connectivity index (χ2v) is 11.1. The third-order valence-electron chi connectivity index (χ3n) is 7.84. The van der Waals surface area contributed by atoms with E-state index in [0.29, 0.717) is 40.6 Å². The van der Waals surface area contributed by atoms with Gasteiger partial charge in [-0.1, -0.05) is 55.2 Å². The molecule has 2 aromatic carbocycles. The monoisotopic (exact) mass is 537 g/mol. The molecular formula is C27H33Cl2NO6. The maximum absolute atomic E-state index is 11.9. The van der Waals surface area contributed by atoms with Crippen molar-refractivity contribution in [1.29, 1.82) is 0 Å². The van der Waals surface area contributed by atoms with Crippen molar-refractivity contribution in [2.45, 2.75) is 65.3 Å². The van der Waals surface area contributed by atoms with Gasteiger partial charge in [0.25, 0.3) is 0 Å². The number of benzene rings is 2. The van der Waals surface area contributed by atoms with Gasteiger partial charge in [0.05, 0.1) is 11.8 Å². The lowest BCUT2D eigenvalue weighted by Crippen LogP contribution is -2.50. The molecule has 0 aliphatic heterocycles. The number of aliphatic hydroxyl groups is 1. The van der Waals surface area contributed by atoms with E-state index in [4.69, 9.17) is 27.9 Å². The average molecular weight is 538 g/mol. The number of carbonyl (C=O) groups is 2. The largest absolute Gasteiger partial charge is 0.489 e. The lowest BCUT2D eigenvalue weighted by atomic mass is 9.65. The lowest BCUT2D eigenvalue weighted by molar-refractivity contribution is -0.155. The van der Waals surface area contributed by atoms with Gasteiger partial charge in [-0.05, 0) is 61.4 Å². The zero-order valence-corrected chi connectivity index (χ0v) is 22.1. The molecule has 9 heteroatoms. The average Bonchev–Trinajstić information content (AvgIpc) is 3.04. The number of ether oxygens (including phenoxy) is 1. The van der Waals surface area contributed by atoms with Crippen LogP contribution >= 0.6 is 23.2 Å². The van der Waals surface area contributed by atoms with Gasteiger partial charge in [0.1, 0.15) is 18.6 Å². The minimum Gasteiger partial charge on any atom is -0.489 e. The number of aliphatic carboxylic acids is 2. The fourth-order valence-electron chi connectivity index (χ4n) is 5.06. The Hall–Kier alpha value is -2.32. The molecule has 4 atom stereocenters. The van der Waals surface area contributed by atoms with Crippen molar-refractivity contribution in [3.63, 3.8) is 0 Å². The van der Waals surface area contributed by atoms with Crippen LogP contribution in [-0.4, -0.2) is 39.5 Å². The van der Waals surface area contributed by atoms with Crippen molar-refractivity contribution in [3.05, 3.63) is 63.6 Å². The molecule has 0 radical (unpaired) electrons. The van der Waals surface area contributed by atoms with Gasteiger partial charge in [-0.2, -0.15) is 0 Å². The maximum Gasteiger partial charge on any atom is 0.309 e. The van der Waals surface area contributed by atoms with Crippen LogP contribution in [0.25, 0.3) is 0 Å². The van der Waals surface area contributed by atoms with E-state index < -0.39 is 35.0 Å². The minimum absolute atomic E-state index is 0.191. The van der Waals surface area contributed by atoms with E-state index in [1.165, 1.54) is 0 Å². The summed E-state index contributed by atoms with van der Waals surface area (Å²) in [4.78, 5) is 23.4. The number of aliphatic hydroxyl groups excluding tert-OH is 1. The molecule has 36 heavy (non-hydrogen) atoms. The van der Waals surface area contributed by atoms with Crippen molar-refractivity contribution in [2.24, 2.45) is 16.7 Å². The highest BCUT2D eigenvalue weighted by atomic mass is 35.5. The summed E-state index contributed by atoms with van der Waals surface area (Å²) in [5.74, 6) is -1.60. The first-order valence-electron chi connectivity index (χ1n) is 11.9. The van der Waals surface area contributed by atoms with E-state index in [1.807, 2.05) is 26.0 Å². The lowest BCUT2D eigenvalue weighted by Gasteiger charge is -2.41. The first-order chi connectivity index (χ1) is 16.8. The van der Waals surface area contributed by atoms with Gasteiger partial charge >= 0.3 is 11.9 Å². The molecule has 196 valence electrons. The smallest absolute Gasteiger partial charge is 0.309 e. The molecule has 0 spiro atoms. The van der Waals surface area contributed by atoms with Crippen molar-refractivity contribution < 1.29 is 29.6 Å². The summed E-state index contributed by atoms with van der Waals surface area (Å²) in [6, 6.07) is 12.0. The second-order valence-electron chi connectivity index (χ2n) is 10.2. The van der Waals surface area contributed by atoms with E-state index in [2.05, 4.69) is 5.32 Å². The molecule has 0 amide bonds. The molecule has 0 aromatic heterocycles. The summed E-state index contributed by atoms with van der Waals surface area (Å²) in [5, 5.41) is 34.3. The van der Waals surface area contributed by atoms with Crippen LogP contribution in [0.15, 0.2) is 42.5 Å². The molecule has 0 heterocycles. The Morgan fingerprint density at radius 3 is 2.22 bits per heavy atom. The first-order valence-corrected chi connectivity index (χ1v) is 12.6. The number of carboxylic acids is 2. The Morgan fingerprint density at radius 1 is 1.08 bits per heavy atom. The third-order valence-corrected chi connectivity index (χ3v) is 8.54. The molecule has 1 fully saturated rings. The predicted octanol–water partition coefficient (Wildman–Crippen LogP) is 5.39. The van der Waals surface area contributed by atoms with Crippen molar-refractivity contribution in [3.8, 4) is 5.75 Å². The highest BCUT2D eigenvalue weighted by Crippen LogP contribution is 2.56. The van der Waals surface area contributed by atoms with Crippen LogP contribution in [-0.2, 0) is 22.6 Å². The van der Waals surface area contributed by atoms with Crippen LogP contribution < -0.4 is 10.1 Å². The number of hydrogen-bond donors (Lipinski definition) is 4. The van der Waals surface area contributed by atoms with Gasteiger partial charge < -0.3 is 20.1 Å². The number of carboxylic acid groups (broad SMARTS) is 2. The normalized spacial score (nSPS) is 22.7. The van der Waals surface area contributed by atoms with Crippen LogP contribution in [0, 0.1) is 16.7 Å². The van der Waals surface area contributed by atoms with Gasteiger partial charge in [-0.3, -0.25) is 14.9 Å². The van der Waals surface area contributed by atoms with E-state index >= 15 is 0 Å². The van der Waals surface area contributed by atoms with Gasteiger partial charge in [-0.25, -0.2) is 0 Å². The SMILES string of the molecule is CC1(C)[C@@H](C(O)N[C@H](CC(=O)O)Cc2ccc(OCc3c(Cl)cccc3Cl)cc2)CC[C@@]1(C)C(=O)O. The second kappa shape index (κ2) is 11.4. The molecule has 0 bridgehead atoms. The van der Waals surface area contributed by atoms with Crippen LogP contribution in [0.2, 0.25) is 10.0 Å². The number of nitrogens with one attached hydrogen (secondary N) is 1. The van der Waals surface area contributed by atoms with Crippen molar-refractivity contribution in [2.75, 3.05) is 0 Å². The molecule has 4 N–H and O–H groups in total. The van der Waals surface area contributed by atoms with Crippen LogP contribution in [0.3, 0.4) is 0 Å². The van der Waals surface area contributed by atoms with Crippen LogP contribution in [0.5, 0.6) is 5.75 Å². The Morgan fingerprint density at radius 2 is 1.69 bits per heavy atom. The number of halogens is 2. The number of rotatable bonds is 11. The van der Waals surface area contributed by atoms with Gasteiger partial charge in [0.2, 0.25) is 0 Å². The highest BCUT2D eigenvalue weighted by Gasteiger charge is 2.58. The van der Waals surface area contributed by atoms with Crippen molar-refractivity contribution in [1.82, 2.24) is 5.32 Å². The quantitative estimate of drug-likeness (QED) is 0.284. The number of hydrogen-bond acceptors (Lipinski definition) is 5. The maximum atomic E-state index is 11.9. The Balaban J connectivity index is 1.65. The topological polar surface area (TPSA) is 116 Å². The molecule has 1 saturated carbocycles. The van der Waals surface area contributed by atoms with E-state index in [9.17, 15) is 24.9 Å². The Kier molecular flexibility index (Phi) is 8.93. The fourth-order valence-corrected chi connectivity index (χ4v) is 5.57. The zero-order chi connectivity index (χ0) is 26.7. The van der Waals surface area contributed by atoms with E-state index in [0.717, 1.165) is 5.56 Å². The highest BCUT2D eigenvalue weighted by molar-refractivity contribution is 6.35. The molecule has 1 aliphatic carbocycles. The molecule has 1 unspecified atom stereocenters. The molecular weight excluding hydrogens is 505 g/mol. The summed E-state index contributed by atoms with van der Waals surface area (Å²) in [6.07, 6.45) is 0.120. The third kappa shape index (κ3) is 6.14. The first kappa shape index (κ1) is 28.3. The minimum atomic E-state index is -1.03. The van der Waals surface area contributed by atoms with E-state index in [-0.39, 0.29) is 18.9 Å². The van der Waals surface area contributed by atoms with Crippen LogP contribution in [0.1, 0.15) is 51.2 Å². The molecule has 1 aliphatic rings. The van der Waals surface area contributed by atoms with Crippen LogP contribution in [0.4, 0.5) is 0 Å². The molecule has 0 saturated heterocycles. The van der Waals surface area contributed by atoms with Gasteiger partial charge in [0.15, 0.2) is 0 Å². The zero-order valence-electron chi connectivity index (χ0n) is 20.6. The summed E-state index contributed by atoms with van der Waals surface area (Å²) in [7, 11) is 0. The van der Waals surface area contributed by atoms with E-state index in [1.54, 1.807) is 37.3 Å². The summed E-state index contributed by atoms with van der Waals surface area (Å²) in [5.41, 5.74) is -0.0848. The molecule has 7 nitrogen and oxygen atoms in total. The fraction of sp³-hybridized carbons (Fsp3) is 0.481. The Bertz CT molecular complexity index is 1070. The summed E-state index contributed by atoms with van der Waals surface area (Å²) >= 11 is 12.4. The molecule has 3 rings (SSSR count). The molecule has 2 aromatic rings. The Labute approximate surface area is 221 Å². The summed E-state index contributed by atoms with van der Waals surface area (Å²) < 4.78 is 5.81. The van der Waals surface area contributed by atoms with Crippen molar-refractivity contribution >= 4 is 35.1 Å². The van der Waals surface area contributed by atoms with Gasteiger partial charge in [0, 0.05) is 27.6 Å². The standard InChI is InChI=1S/C27H33Cl2NO6/c1-26(2)20(11-12-27(26,3)25(34)35)24(33)30-17(14-23(31)32)13-16-7-9-18(10-8-16)36-15-19-21(28)5-4-6-22(19)29/h4-10,17,20,24,30,33H,11-15H2,1-3H3,(H,31,32)(H,34,35)/t17-,20+,24?,27-/m0/s1.